The van der Waals surface area contributed by atoms with Crippen LogP contribution < -0.4 is 0 Å². The standard InChI is InChI=1S/C10H13NO3S.2C2H6/c12-9-6-10(11(7-9)15(13)14)8-4-2-1-3-5-8;2*1-2/h1-5,9-10,12H,6-7H2,(H,13,14);2*1-2H3/p-1. The molecule has 2 rings (SSSR count). The first-order chi connectivity index (χ1) is 9.18. The predicted octanol–water partition coefficient (Wildman–Crippen LogP) is 2.64. The lowest BCUT2D eigenvalue weighted by Crippen LogP contribution is -2.26. The van der Waals surface area contributed by atoms with Crippen LogP contribution in [0.4, 0.5) is 0 Å². The Labute approximate surface area is 118 Å². The molecule has 3 atom stereocenters. The number of aliphatic hydroxyl groups excluding tert-OH is 1. The molecule has 1 heterocycles. The number of hydrogen-bond donors (Lipinski definition) is 1. The number of rotatable bonds is 2. The highest BCUT2D eigenvalue weighted by molar-refractivity contribution is 7.76. The Morgan fingerprint density at radius 2 is 1.74 bits per heavy atom. The van der Waals surface area contributed by atoms with E-state index < -0.39 is 17.4 Å². The second-order valence-electron chi connectivity index (χ2n) is 3.63. The molecule has 0 amide bonds. The molecule has 1 aliphatic rings. The van der Waals surface area contributed by atoms with Gasteiger partial charge in [-0.15, -0.1) is 0 Å². The number of hydrogen-bond acceptors (Lipinski definition) is 3. The molecule has 1 aliphatic heterocycles. The molecule has 19 heavy (non-hydrogen) atoms. The lowest BCUT2D eigenvalue weighted by atomic mass is 10.1. The third-order valence-electron chi connectivity index (χ3n) is 2.61. The molecule has 0 radical (unpaired) electrons. The van der Waals surface area contributed by atoms with Gasteiger partial charge in [-0.2, -0.15) is 0 Å². The molecule has 3 unspecified atom stereocenters. The molecule has 110 valence electrons. The van der Waals surface area contributed by atoms with Crippen molar-refractivity contribution in [1.29, 1.82) is 0 Å². The Kier molecular flexibility index (Phi) is 9.69. The maximum Gasteiger partial charge on any atom is 0.0695 e. The molecule has 0 aliphatic carbocycles. The van der Waals surface area contributed by atoms with Crippen LogP contribution in [0.3, 0.4) is 0 Å². The van der Waals surface area contributed by atoms with Gasteiger partial charge in [0.15, 0.2) is 0 Å². The number of benzene rings is 1. The first kappa shape index (κ1) is 18.2. The molecule has 1 aromatic rings. The van der Waals surface area contributed by atoms with Gasteiger partial charge >= 0.3 is 0 Å². The lowest BCUT2D eigenvalue weighted by molar-refractivity contribution is 0.188. The van der Waals surface area contributed by atoms with Crippen molar-refractivity contribution in [1.82, 2.24) is 4.31 Å². The van der Waals surface area contributed by atoms with Crippen LogP contribution in [0.25, 0.3) is 0 Å². The highest BCUT2D eigenvalue weighted by Crippen LogP contribution is 2.32. The smallest absolute Gasteiger partial charge is 0.0695 e. The minimum Gasteiger partial charge on any atom is -0.760 e. The first-order valence-electron chi connectivity index (χ1n) is 6.77. The number of aliphatic hydroxyl groups is 1. The van der Waals surface area contributed by atoms with E-state index in [1.54, 1.807) is 0 Å². The average Bonchev–Trinajstić information content (AvgIpc) is 2.87. The van der Waals surface area contributed by atoms with Gasteiger partial charge in [0.25, 0.3) is 0 Å². The highest BCUT2D eigenvalue weighted by atomic mass is 32.2. The van der Waals surface area contributed by atoms with Crippen LogP contribution in [0.15, 0.2) is 30.3 Å². The van der Waals surface area contributed by atoms with E-state index in [1.807, 2.05) is 58.0 Å². The van der Waals surface area contributed by atoms with Gasteiger partial charge in [0.2, 0.25) is 0 Å². The predicted molar refractivity (Wildman–Crippen MR) is 78.1 cm³/mol. The minimum absolute atomic E-state index is 0.190. The summed E-state index contributed by atoms with van der Waals surface area (Å²) in [4.78, 5) is 0. The van der Waals surface area contributed by atoms with Crippen molar-refractivity contribution in [3.63, 3.8) is 0 Å². The van der Waals surface area contributed by atoms with Crippen LogP contribution in [-0.4, -0.2) is 30.8 Å². The zero-order chi connectivity index (χ0) is 14.8. The highest BCUT2D eigenvalue weighted by Gasteiger charge is 2.32. The fourth-order valence-electron chi connectivity index (χ4n) is 1.93. The molecule has 0 bridgehead atoms. The fraction of sp³-hybridized carbons (Fsp3) is 0.571. The Morgan fingerprint density at radius 3 is 2.21 bits per heavy atom. The second-order valence-corrected chi connectivity index (χ2v) is 4.54. The van der Waals surface area contributed by atoms with Gasteiger partial charge in [0.05, 0.1) is 6.10 Å². The second kappa shape index (κ2) is 10.1. The van der Waals surface area contributed by atoms with E-state index in [0.717, 1.165) is 5.56 Å². The van der Waals surface area contributed by atoms with Crippen LogP contribution in [0.1, 0.15) is 45.7 Å². The molecule has 1 fully saturated rings. The summed E-state index contributed by atoms with van der Waals surface area (Å²) in [6.07, 6.45) is -0.0917. The summed E-state index contributed by atoms with van der Waals surface area (Å²) in [7, 11) is 0. The maximum absolute atomic E-state index is 10.9. The van der Waals surface area contributed by atoms with E-state index in [4.69, 9.17) is 0 Å². The van der Waals surface area contributed by atoms with E-state index in [0.29, 0.717) is 6.42 Å². The zero-order valence-electron chi connectivity index (χ0n) is 12.1. The van der Waals surface area contributed by atoms with Crippen molar-refractivity contribution < 1.29 is 13.9 Å². The van der Waals surface area contributed by atoms with Gasteiger partial charge in [0.1, 0.15) is 0 Å². The Morgan fingerprint density at radius 1 is 1.21 bits per heavy atom. The molecule has 1 saturated heterocycles. The molecule has 1 N–H and O–H groups in total. The summed E-state index contributed by atoms with van der Waals surface area (Å²) in [6.45, 7) is 8.19. The SMILES string of the molecule is CC.CC.O=S([O-])N1CC(O)CC1c1ccccc1. The summed E-state index contributed by atoms with van der Waals surface area (Å²) in [5, 5.41) is 9.47. The molecule has 4 nitrogen and oxygen atoms in total. The van der Waals surface area contributed by atoms with Gasteiger partial charge in [-0.05, 0) is 12.0 Å². The van der Waals surface area contributed by atoms with Crippen LogP contribution >= 0.6 is 0 Å². The Balaban J connectivity index is 0.000000741. The third-order valence-corrected chi connectivity index (χ3v) is 3.40. The van der Waals surface area contributed by atoms with Crippen molar-refractivity contribution in [3.05, 3.63) is 35.9 Å². The largest absolute Gasteiger partial charge is 0.760 e. The molecular formula is C14H24NO3S-. The lowest BCUT2D eigenvalue weighted by Gasteiger charge is -2.25. The van der Waals surface area contributed by atoms with E-state index in [2.05, 4.69) is 0 Å². The first-order valence-corrected chi connectivity index (χ1v) is 7.80. The van der Waals surface area contributed by atoms with Crippen molar-refractivity contribution in [2.24, 2.45) is 0 Å². The topological polar surface area (TPSA) is 63.6 Å². The summed E-state index contributed by atoms with van der Waals surface area (Å²) >= 11 is -2.27. The van der Waals surface area contributed by atoms with E-state index in [9.17, 15) is 13.9 Å². The molecule has 5 heteroatoms. The fourth-order valence-corrected chi connectivity index (χ4v) is 2.64. The molecule has 1 aromatic carbocycles. The van der Waals surface area contributed by atoms with Crippen molar-refractivity contribution in [2.75, 3.05) is 6.54 Å². The summed E-state index contributed by atoms with van der Waals surface area (Å²) < 4.78 is 23.2. The molecule has 0 aromatic heterocycles. The van der Waals surface area contributed by atoms with Gasteiger partial charge in [0, 0.05) is 23.9 Å². The van der Waals surface area contributed by atoms with Crippen LogP contribution in [0.2, 0.25) is 0 Å². The maximum atomic E-state index is 10.9. The minimum atomic E-state index is -2.27. The van der Waals surface area contributed by atoms with Crippen molar-refractivity contribution >= 4 is 11.3 Å². The quantitative estimate of drug-likeness (QED) is 0.850. The zero-order valence-corrected chi connectivity index (χ0v) is 12.9. The molecule has 0 saturated carbocycles. The van der Waals surface area contributed by atoms with Crippen molar-refractivity contribution in [3.8, 4) is 0 Å². The van der Waals surface area contributed by atoms with Crippen LogP contribution in [-0.2, 0) is 11.3 Å². The summed E-state index contributed by atoms with van der Waals surface area (Å²) in [5.74, 6) is 0. The summed E-state index contributed by atoms with van der Waals surface area (Å²) in [5.41, 5.74) is 0.929. The van der Waals surface area contributed by atoms with E-state index in [-0.39, 0.29) is 12.6 Å². The van der Waals surface area contributed by atoms with Gasteiger partial charge in [-0.3, -0.25) is 4.21 Å². The van der Waals surface area contributed by atoms with Gasteiger partial charge < -0.3 is 9.66 Å². The van der Waals surface area contributed by atoms with Gasteiger partial charge in [-0.25, -0.2) is 4.31 Å². The average molecular weight is 286 g/mol. The number of β-amino-alcohol motifs (C(OH)–C–C–N with tert-alkyl or cyclic N) is 1. The number of nitrogens with zero attached hydrogens (tertiary/aromatic N) is 1. The summed E-state index contributed by atoms with van der Waals surface area (Å²) in [6, 6.07) is 9.15. The molecular weight excluding hydrogens is 262 g/mol. The van der Waals surface area contributed by atoms with Crippen molar-refractivity contribution in [2.45, 2.75) is 46.3 Å². The Bertz CT molecular complexity index is 359. The third kappa shape index (κ3) is 5.40. The monoisotopic (exact) mass is 286 g/mol. The molecule has 0 spiro atoms. The van der Waals surface area contributed by atoms with Crippen LogP contribution in [0, 0.1) is 0 Å². The Hall–Kier alpha value is -0.750. The van der Waals surface area contributed by atoms with Crippen LogP contribution in [0.5, 0.6) is 0 Å². The van der Waals surface area contributed by atoms with Gasteiger partial charge in [-0.1, -0.05) is 58.0 Å². The van der Waals surface area contributed by atoms with E-state index in [1.165, 1.54) is 4.31 Å². The van der Waals surface area contributed by atoms with E-state index >= 15 is 0 Å². The normalized spacial score (nSPS) is 23.7.